The molecule has 25 heavy (non-hydrogen) atoms. The lowest BCUT2D eigenvalue weighted by Gasteiger charge is -2.31. The van der Waals surface area contributed by atoms with E-state index in [0.29, 0.717) is 25.3 Å². The van der Waals surface area contributed by atoms with E-state index in [1.54, 1.807) is 13.1 Å². The lowest BCUT2D eigenvalue weighted by molar-refractivity contribution is -0.133. The molecule has 2 aliphatic rings. The van der Waals surface area contributed by atoms with Gasteiger partial charge in [-0.3, -0.25) is 29.6 Å². The quantitative estimate of drug-likeness (QED) is 0.777. The van der Waals surface area contributed by atoms with Crippen LogP contribution in [0, 0.1) is 0 Å². The molecule has 0 bridgehead atoms. The number of rotatable bonds is 5. The average Bonchev–Trinajstić information content (AvgIpc) is 2.58. The predicted molar refractivity (Wildman–Crippen MR) is 93.1 cm³/mol. The molecule has 3 rings (SSSR count). The third kappa shape index (κ3) is 4.63. The van der Waals surface area contributed by atoms with E-state index in [9.17, 15) is 14.4 Å². The van der Waals surface area contributed by atoms with Gasteiger partial charge >= 0.3 is 0 Å². The minimum absolute atomic E-state index is 0.209. The number of hydrogen-bond donors (Lipinski definition) is 2. The van der Waals surface area contributed by atoms with Gasteiger partial charge in [0.1, 0.15) is 11.8 Å². The zero-order valence-electron chi connectivity index (χ0n) is 14.5. The number of hydrogen-bond acceptors (Lipinski definition) is 6. The van der Waals surface area contributed by atoms with E-state index in [1.165, 1.54) is 0 Å². The van der Waals surface area contributed by atoms with Crippen LogP contribution in [0.5, 0.6) is 0 Å². The van der Waals surface area contributed by atoms with E-state index >= 15 is 0 Å². The lowest BCUT2D eigenvalue weighted by atomic mass is 9.93. The highest BCUT2D eigenvalue weighted by Gasteiger charge is 2.26. The number of Topliss-reactive ketones (excluding diaryl/α,β-unsaturated/α-hetero) is 1. The maximum atomic E-state index is 11.8. The number of nitrogens with zero attached hydrogens (tertiary/aromatic N) is 2. The van der Waals surface area contributed by atoms with E-state index in [1.807, 2.05) is 12.1 Å². The molecule has 2 saturated heterocycles. The smallest absolute Gasteiger partial charge is 0.249 e. The van der Waals surface area contributed by atoms with Gasteiger partial charge in [-0.1, -0.05) is 0 Å². The molecule has 0 spiro atoms. The van der Waals surface area contributed by atoms with Gasteiger partial charge in [-0.05, 0) is 51.4 Å². The number of carbonyl (C=O) groups is 3. The first-order valence-corrected chi connectivity index (χ1v) is 8.79. The van der Waals surface area contributed by atoms with Crippen molar-refractivity contribution in [3.63, 3.8) is 0 Å². The molecule has 0 aliphatic carbocycles. The molecule has 3 heterocycles. The molecule has 1 atom stereocenters. The zero-order chi connectivity index (χ0) is 17.8. The summed E-state index contributed by atoms with van der Waals surface area (Å²) in [6.07, 6.45) is 4.61. The standard InChI is InChI=1S/C18H24N4O3/c1-12(23)11-22-8-6-13(7-9-22)15-3-2-14(10-19-15)20-16-4-5-17(24)21-18(16)25/h2-3,10,13,16,20H,4-9,11H2,1H3,(H,21,24,25). The zero-order valence-corrected chi connectivity index (χ0v) is 14.5. The molecule has 0 radical (unpaired) electrons. The monoisotopic (exact) mass is 344 g/mol. The Morgan fingerprint density at radius 3 is 2.64 bits per heavy atom. The van der Waals surface area contributed by atoms with Crippen LogP contribution in [0.2, 0.25) is 0 Å². The number of nitrogens with one attached hydrogen (secondary N) is 2. The van der Waals surface area contributed by atoms with Crippen LogP contribution in [0.4, 0.5) is 5.69 Å². The molecule has 1 aromatic heterocycles. The van der Waals surface area contributed by atoms with Gasteiger partial charge in [0.2, 0.25) is 11.8 Å². The fourth-order valence-corrected chi connectivity index (χ4v) is 3.47. The van der Waals surface area contributed by atoms with Crippen molar-refractivity contribution in [2.45, 2.75) is 44.6 Å². The Morgan fingerprint density at radius 2 is 2.04 bits per heavy atom. The van der Waals surface area contributed by atoms with Crippen molar-refractivity contribution < 1.29 is 14.4 Å². The third-order valence-electron chi connectivity index (χ3n) is 4.82. The largest absolute Gasteiger partial charge is 0.372 e. The van der Waals surface area contributed by atoms with Crippen molar-refractivity contribution in [2.75, 3.05) is 25.0 Å². The Balaban J connectivity index is 1.53. The first-order chi connectivity index (χ1) is 12.0. The number of imide groups is 1. The highest BCUT2D eigenvalue weighted by molar-refractivity contribution is 6.01. The van der Waals surface area contributed by atoms with Crippen LogP contribution in [-0.2, 0) is 14.4 Å². The van der Waals surface area contributed by atoms with Crippen LogP contribution >= 0.6 is 0 Å². The van der Waals surface area contributed by atoms with Crippen molar-refractivity contribution in [1.82, 2.24) is 15.2 Å². The molecule has 2 fully saturated rings. The van der Waals surface area contributed by atoms with Gasteiger partial charge in [0, 0.05) is 18.0 Å². The summed E-state index contributed by atoms with van der Waals surface area (Å²) in [5, 5.41) is 5.48. The molecule has 2 amide bonds. The fourth-order valence-electron chi connectivity index (χ4n) is 3.47. The lowest BCUT2D eigenvalue weighted by Crippen LogP contribution is -2.47. The van der Waals surface area contributed by atoms with Gasteiger partial charge in [-0.15, -0.1) is 0 Å². The van der Waals surface area contributed by atoms with Crippen molar-refractivity contribution in [3.8, 4) is 0 Å². The van der Waals surface area contributed by atoms with Crippen LogP contribution in [0.15, 0.2) is 18.3 Å². The average molecular weight is 344 g/mol. The van der Waals surface area contributed by atoms with E-state index in [-0.39, 0.29) is 23.6 Å². The Labute approximate surface area is 147 Å². The van der Waals surface area contributed by atoms with Crippen molar-refractivity contribution >= 4 is 23.3 Å². The molecule has 1 aromatic rings. The molecular formula is C18H24N4O3. The Hall–Kier alpha value is -2.28. The second-order valence-electron chi connectivity index (χ2n) is 6.87. The summed E-state index contributed by atoms with van der Waals surface area (Å²) >= 11 is 0. The van der Waals surface area contributed by atoms with Gasteiger partial charge in [-0.2, -0.15) is 0 Å². The van der Waals surface area contributed by atoms with Crippen molar-refractivity contribution in [2.24, 2.45) is 0 Å². The molecule has 0 aromatic carbocycles. The summed E-state index contributed by atoms with van der Waals surface area (Å²) in [5.74, 6) is 0.124. The van der Waals surface area contributed by atoms with Gasteiger partial charge < -0.3 is 5.32 Å². The summed E-state index contributed by atoms with van der Waals surface area (Å²) in [4.78, 5) is 40.9. The van der Waals surface area contributed by atoms with Gasteiger partial charge in [0.15, 0.2) is 0 Å². The van der Waals surface area contributed by atoms with Crippen LogP contribution in [0.1, 0.15) is 44.2 Å². The number of amides is 2. The number of aromatic nitrogens is 1. The maximum absolute atomic E-state index is 11.8. The van der Waals surface area contributed by atoms with Crippen molar-refractivity contribution in [3.05, 3.63) is 24.0 Å². The van der Waals surface area contributed by atoms with Crippen molar-refractivity contribution in [1.29, 1.82) is 0 Å². The number of carbonyl (C=O) groups excluding carboxylic acids is 3. The maximum Gasteiger partial charge on any atom is 0.249 e. The minimum Gasteiger partial charge on any atom is -0.372 e. The predicted octanol–water partition coefficient (Wildman–Crippen LogP) is 1.07. The van der Waals surface area contributed by atoms with Crippen LogP contribution in [-0.4, -0.2) is 53.2 Å². The van der Waals surface area contributed by atoms with E-state index in [0.717, 1.165) is 37.3 Å². The highest BCUT2D eigenvalue weighted by atomic mass is 16.2. The van der Waals surface area contributed by atoms with Gasteiger partial charge in [0.25, 0.3) is 0 Å². The van der Waals surface area contributed by atoms with Crippen LogP contribution < -0.4 is 10.6 Å². The first kappa shape index (κ1) is 17.5. The Morgan fingerprint density at radius 1 is 1.28 bits per heavy atom. The van der Waals surface area contributed by atoms with Gasteiger partial charge in [0.05, 0.1) is 18.4 Å². The fraction of sp³-hybridized carbons (Fsp3) is 0.556. The summed E-state index contributed by atoms with van der Waals surface area (Å²) in [7, 11) is 0. The second kappa shape index (κ2) is 7.74. The molecule has 2 aliphatic heterocycles. The summed E-state index contributed by atoms with van der Waals surface area (Å²) in [5.41, 5.74) is 1.84. The number of anilines is 1. The summed E-state index contributed by atoms with van der Waals surface area (Å²) in [6.45, 7) is 4.00. The molecule has 7 nitrogen and oxygen atoms in total. The van der Waals surface area contributed by atoms with E-state index in [2.05, 4.69) is 20.5 Å². The Kier molecular flexibility index (Phi) is 5.43. The molecule has 1 unspecified atom stereocenters. The van der Waals surface area contributed by atoms with E-state index < -0.39 is 0 Å². The summed E-state index contributed by atoms with van der Waals surface area (Å²) < 4.78 is 0. The minimum atomic E-state index is -0.389. The Bertz CT molecular complexity index is 651. The molecule has 0 saturated carbocycles. The van der Waals surface area contributed by atoms with Gasteiger partial charge in [-0.25, -0.2) is 0 Å². The van der Waals surface area contributed by atoms with E-state index in [4.69, 9.17) is 0 Å². The van der Waals surface area contributed by atoms with Crippen LogP contribution in [0.25, 0.3) is 0 Å². The number of ketones is 1. The summed E-state index contributed by atoms with van der Waals surface area (Å²) in [6, 6.07) is 3.55. The molecular weight excluding hydrogens is 320 g/mol. The molecule has 2 N–H and O–H groups in total. The highest BCUT2D eigenvalue weighted by Crippen LogP contribution is 2.27. The topological polar surface area (TPSA) is 91.4 Å². The molecule has 134 valence electrons. The number of pyridine rings is 1. The number of piperidine rings is 2. The SMILES string of the molecule is CC(=O)CN1CCC(c2ccc(NC3CCC(=O)NC3=O)cn2)CC1. The molecule has 7 heteroatoms. The third-order valence-corrected chi connectivity index (χ3v) is 4.82. The normalized spacial score (nSPS) is 22.5. The first-order valence-electron chi connectivity index (χ1n) is 8.79. The second-order valence-corrected chi connectivity index (χ2v) is 6.87. The van der Waals surface area contributed by atoms with Crippen LogP contribution in [0.3, 0.4) is 0 Å². The number of likely N-dealkylation sites (tertiary alicyclic amines) is 1.